The molecule has 2 fully saturated rings. The van der Waals surface area contributed by atoms with E-state index in [1.165, 1.54) is 0 Å². The summed E-state index contributed by atoms with van der Waals surface area (Å²) >= 11 is 0. The summed E-state index contributed by atoms with van der Waals surface area (Å²) in [6.07, 6.45) is 3.82. The summed E-state index contributed by atoms with van der Waals surface area (Å²) < 4.78 is 5.47. The van der Waals surface area contributed by atoms with Crippen LogP contribution in [0.15, 0.2) is 0 Å². The number of ether oxygens (including phenoxy) is 1. The van der Waals surface area contributed by atoms with Gasteiger partial charge in [-0.1, -0.05) is 20.8 Å². The van der Waals surface area contributed by atoms with Gasteiger partial charge in [0.2, 0.25) is 11.8 Å². The van der Waals surface area contributed by atoms with Crippen molar-refractivity contribution in [3.8, 4) is 0 Å². The Hall–Kier alpha value is -1.10. The third kappa shape index (κ3) is 4.45. The second-order valence-corrected chi connectivity index (χ2v) is 7.73. The van der Waals surface area contributed by atoms with Gasteiger partial charge in [0.15, 0.2) is 0 Å². The minimum absolute atomic E-state index is 0.00996. The quantitative estimate of drug-likeness (QED) is 0.842. The Balaban J connectivity index is 1.82. The Morgan fingerprint density at radius 2 is 1.91 bits per heavy atom. The molecule has 0 aromatic heterocycles. The molecule has 2 aliphatic rings. The van der Waals surface area contributed by atoms with E-state index < -0.39 is 0 Å². The fourth-order valence-electron chi connectivity index (χ4n) is 3.06. The van der Waals surface area contributed by atoms with Crippen LogP contribution in [0.2, 0.25) is 0 Å². The third-order valence-electron chi connectivity index (χ3n) is 4.74. The number of likely N-dealkylation sites (tertiary alicyclic amines) is 1. The maximum absolute atomic E-state index is 12.4. The average molecular weight is 310 g/mol. The van der Waals surface area contributed by atoms with Crippen molar-refractivity contribution in [1.82, 2.24) is 10.2 Å². The Labute approximate surface area is 133 Å². The Morgan fingerprint density at radius 1 is 1.23 bits per heavy atom. The van der Waals surface area contributed by atoms with Gasteiger partial charge >= 0.3 is 0 Å². The molecule has 1 aliphatic heterocycles. The number of piperidine rings is 1. The van der Waals surface area contributed by atoms with E-state index in [4.69, 9.17) is 4.74 Å². The maximum atomic E-state index is 12.4. The summed E-state index contributed by atoms with van der Waals surface area (Å²) in [5.74, 6) is 0.469. The van der Waals surface area contributed by atoms with Crippen molar-refractivity contribution in [2.24, 2.45) is 17.3 Å². The highest BCUT2D eigenvalue weighted by molar-refractivity contribution is 5.83. The lowest BCUT2D eigenvalue weighted by atomic mass is 9.88. The average Bonchev–Trinajstić information content (AvgIpc) is 3.30. The number of methoxy groups -OCH3 is 1. The van der Waals surface area contributed by atoms with E-state index in [2.05, 4.69) is 26.1 Å². The van der Waals surface area contributed by atoms with E-state index in [1.54, 1.807) is 7.11 Å². The minimum Gasteiger partial charge on any atom is -0.379 e. The molecule has 22 heavy (non-hydrogen) atoms. The van der Waals surface area contributed by atoms with Gasteiger partial charge in [0.1, 0.15) is 0 Å². The highest BCUT2D eigenvalue weighted by atomic mass is 16.5. The largest absolute Gasteiger partial charge is 0.379 e. The van der Waals surface area contributed by atoms with Gasteiger partial charge < -0.3 is 15.0 Å². The van der Waals surface area contributed by atoms with Crippen LogP contribution in [0.25, 0.3) is 0 Å². The fraction of sp³-hybridized carbons (Fsp3) is 0.882. The molecule has 0 radical (unpaired) electrons. The zero-order valence-electron chi connectivity index (χ0n) is 14.4. The molecular formula is C17H30N2O3. The van der Waals surface area contributed by atoms with Crippen LogP contribution in [0.3, 0.4) is 0 Å². The van der Waals surface area contributed by atoms with Gasteiger partial charge in [0, 0.05) is 32.7 Å². The standard InChI is InChI=1S/C17H30N2O3/c1-17(2,3)14(22-4)10-18-15(20)13-6-5-9-19(11-13)16(21)12-7-8-12/h12-14H,5-11H2,1-4H3,(H,18,20)/t13-,14+/m0/s1. The number of nitrogens with one attached hydrogen (secondary N) is 1. The van der Waals surface area contributed by atoms with E-state index in [0.717, 1.165) is 32.2 Å². The molecule has 0 aromatic carbocycles. The van der Waals surface area contributed by atoms with E-state index in [9.17, 15) is 9.59 Å². The Kier molecular flexibility index (Phi) is 5.48. The summed E-state index contributed by atoms with van der Waals surface area (Å²) in [6, 6.07) is 0. The first-order valence-corrected chi connectivity index (χ1v) is 8.42. The van der Waals surface area contributed by atoms with Crippen molar-refractivity contribution in [2.45, 2.75) is 52.6 Å². The van der Waals surface area contributed by atoms with Crippen molar-refractivity contribution in [3.05, 3.63) is 0 Å². The predicted octanol–water partition coefficient (Wildman–Crippen LogP) is 1.81. The van der Waals surface area contributed by atoms with Crippen LogP contribution in [0.4, 0.5) is 0 Å². The number of rotatable bonds is 5. The summed E-state index contributed by atoms with van der Waals surface area (Å²) in [5, 5.41) is 3.01. The SMILES string of the molecule is CO[C@H](CNC(=O)[C@H]1CCCN(C(=O)C2CC2)C1)C(C)(C)C. The first-order valence-electron chi connectivity index (χ1n) is 8.42. The Morgan fingerprint density at radius 3 is 2.45 bits per heavy atom. The highest BCUT2D eigenvalue weighted by Crippen LogP contribution is 2.32. The molecule has 1 heterocycles. The van der Waals surface area contributed by atoms with Crippen LogP contribution in [-0.2, 0) is 14.3 Å². The minimum atomic E-state index is -0.0751. The van der Waals surface area contributed by atoms with Crippen molar-refractivity contribution in [3.63, 3.8) is 0 Å². The second-order valence-electron chi connectivity index (χ2n) is 7.73. The summed E-state index contributed by atoms with van der Waals surface area (Å²) in [5.41, 5.74) is -0.0113. The van der Waals surface area contributed by atoms with E-state index >= 15 is 0 Å². The first-order chi connectivity index (χ1) is 10.3. The molecule has 0 spiro atoms. The molecule has 126 valence electrons. The molecule has 1 N–H and O–H groups in total. The zero-order chi connectivity index (χ0) is 16.3. The van der Waals surface area contributed by atoms with Gasteiger partial charge in [-0.25, -0.2) is 0 Å². The van der Waals surface area contributed by atoms with Gasteiger partial charge in [0.05, 0.1) is 12.0 Å². The number of hydrogen-bond acceptors (Lipinski definition) is 3. The molecule has 0 unspecified atom stereocenters. The highest BCUT2D eigenvalue weighted by Gasteiger charge is 2.37. The summed E-state index contributed by atoms with van der Waals surface area (Å²) in [6.45, 7) is 8.21. The van der Waals surface area contributed by atoms with Gasteiger partial charge in [0.25, 0.3) is 0 Å². The molecule has 1 saturated carbocycles. The lowest BCUT2D eigenvalue weighted by molar-refractivity contribution is -0.137. The smallest absolute Gasteiger partial charge is 0.225 e. The van der Waals surface area contributed by atoms with Gasteiger partial charge in [-0.15, -0.1) is 0 Å². The van der Waals surface area contributed by atoms with Crippen LogP contribution < -0.4 is 5.32 Å². The first kappa shape index (κ1) is 17.3. The molecule has 2 amide bonds. The molecule has 5 nitrogen and oxygen atoms in total. The predicted molar refractivity (Wildman–Crippen MR) is 85.3 cm³/mol. The van der Waals surface area contributed by atoms with Crippen LogP contribution in [-0.4, -0.2) is 49.6 Å². The molecule has 0 aromatic rings. The lowest BCUT2D eigenvalue weighted by Gasteiger charge is -2.33. The van der Waals surface area contributed by atoms with Crippen molar-refractivity contribution in [1.29, 1.82) is 0 Å². The second kappa shape index (κ2) is 6.99. The van der Waals surface area contributed by atoms with Gasteiger partial charge in [-0.05, 0) is 31.1 Å². The molecule has 2 atom stereocenters. The molecular weight excluding hydrogens is 280 g/mol. The maximum Gasteiger partial charge on any atom is 0.225 e. The normalized spacial score (nSPS) is 24.0. The van der Waals surface area contributed by atoms with Gasteiger partial charge in [-0.2, -0.15) is 0 Å². The number of nitrogens with zero attached hydrogens (tertiary/aromatic N) is 1. The van der Waals surface area contributed by atoms with Crippen LogP contribution in [0, 0.1) is 17.3 Å². The molecule has 0 bridgehead atoms. The number of amides is 2. The van der Waals surface area contributed by atoms with Gasteiger partial charge in [-0.3, -0.25) is 9.59 Å². The Bertz CT molecular complexity index is 413. The number of carbonyl (C=O) groups excluding carboxylic acids is 2. The van der Waals surface area contributed by atoms with Crippen molar-refractivity contribution >= 4 is 11.8 Å². The summed E-state index contributed by atoms with van der Waals surface area (Å²) in [4.78, 5) is 26.4. The summed E-state index contributed by atoms with van der Waals surface area (Å²) in [7, 11) is 1.68. The van der Waals surface area contributed by atoms with Crippen LogP contribution in [0.5, 0.6) is 0 Å². The zero-order valence-corrected chi connectivity index (χ0v) is 14.4. The molecule has 5 heteroatoms. The third-order valence-corrected chi connectivity index (χ3v) is 4.74. The number of carbonyl (C=O) groups is 2. The van der Waals surface area contributed by atoms with Crippen molar-refractivity contribution in [2.75, 3.05) is 26.7 Å². The van der Waals surface area contributed by atoms with Crippen LogP contribution in [0.1, 0.15) is 46.5 Å². The van der Waals surface area contributed by atoms with E-state index in [-0.39, 0.29) is 35.2 Å². The van der Waals surface area contributed by atoms with E-state index in [0.29, 0.717) is 13.1 Å². The molecule has 1 aliphatic carbocycles. The number of hydrogen-bond donors (Lipinski definition) is 1. The fourth-order valence-corrected chi connectivity index (χ4v) is 3.06. The lowest BCUT2D eigenvalue weighted by Crippen LogP contribution is -2.48. The van der Waals surface area contributed by atoms with E-state index in [1.807, 2.05) is 4.90 Å². The monoisotopic (exact) mass is 310 g/mol. The van der Waals surface area contributed by atoms with Crippen LogP contribution >= 0.6 is 0 Å². The van der Waals surface area contributed by atoms with Crippen molar-refractivity contribution < 1.29 is 14.3 Å². The molecule has 1 saturated heterocycles. The topological polar surface area (TPSA) is 58.6 Å². The molecule has 2 rings (SSSR count).